The SMILES string of the molecule is NCCN(C(=O)Cc1ccc(F)c(F)c1)C1CCCCC1. The zero-order valence-corrected chi connectivity index (χ0v) is 12.2. The number of rotatable bonds is 5. The molecule has 0 atom stereocenters. The molecule has 1 aliphatic carbocycles. The molecule has 2 rings (SSSR count). The van der Waals surface area contributed by atoms with Gasteiger partial charge in [-0.1, -0.05) is 25.3 Å². The van der Waals surface area contributed by atoms with E-state index in [0.717, 1.165) is 37.8 Å². The molecule has 5 heteroatoms. The molecular formula is C16H22F2N2O. The summed E-state index contributed by atoms with van der Waals surface area (Å²) < 4.78 is 26.1. The highest BCUT2D eigenvalue weighted by Crippen LogP contribution is 2.23. The molecule has 0 heterocycles. The van der Waals surface area contributed by atoms with E-state index in [1.807, 2.05) is 4.90 Å². The van der Waals surface area contributed by atoms with E-state index in [1.54, 1.807) is 0 Å². The highest BCUT2D eigenvalue weighted by Gasteiger charge is 2.24. The van der Waals surface area contributed by atoms with Crippen molar-refractivity contribution in [3.8, 4) is 0 Å². The van der Waals surface area contributed by atoms with Crippen LogP contribution in [0.15, 0.2) is 18.2 Å². The van der Waals surface area contributed by atoms with Gasteiger partial charge < -0.3 is 10.6 Å². The molecule has 2 N–H and O–H groups in total. The maximum atomic E-state index is 13.2. The van der Waals surface area contributed by atoms with Gasteiger partial charge in [-0.15, -0.1) is 0 Å². The number of hydrogen-bond acceptors (Lipinski definition) is 2. The van der Waals surface area contributed by atoms with Gasteiger partial charge in [0.15, 0.2) is 11.6 Å². The fourth-order valence-electron chi connectivity index (χ4n) is 2.97. The first-order chi connectivity index (χ1) is 10.1. The number of amides is 1. The van der Waals surface area contributed by atoms with E-state index < -0.39 is 11.6 Å². The topological polar surface area (TPSA) is 46.3 Å². The second-order valence-corrected chi connectivity index (χ2v) is 5.59. The summed E-state index contributed by atoms with van der Waals surface area (Å²) in [5.41, 5.74) is 6.10. The zero-order chi connectivity index (χ0) is 15.2. The van der Waals surface area contributed by atoms with Gasteiger partial charge in [-0.05, 0) is 30.5 Å². The van der Waals surface area contributed by atoms with Crippen LogP contribution in [-0.2, 0) is 11.2 Å². The summed E-state index contributed by atoms with van der Waals surface area (Å²) in [6.45, 7) is 0.938. The largest absolute Gasteiger partial charge is 0.338 e. The van der Waals surface area contributed by atoms with Gasteiger partial charge in [0.05, 0.1) is 6.42 Å². The standard InChI is InChI=1S/C16H22F2N2O/c17-14-7-6-12(10-15(14)18)11-16(21)20(9-8-19)13-4-2-1-3-5-13/h6-7,10,13H,1-5,8-9,11,19H2. The van der Waals surface area contributed by atoms with Crippen LogP contribution >= 0.6 is 0 Å². The van der Waals surface area contributed by atoms with Gasteiger partial charge in [0, 0.05) is 19.1 Å². The zero-order valence-electron chi connectivity index (χ0n) is 12.2. The highest BCUT2D eigenvalue weighted by molar-refractivity contribution is 5.79. The van der Waals surface area contributed by atoms with E-state index in [2.05, 4.69) is 0 Å². The van der Waals surface area contributed by atoms with Gasteiger partial charge in [0.1, 0.15) is 0 Å². The summed E-state index contributed by atoms with van der Waals surface area (Å²) >= 11 is 0. The average molecular weight is 296 g/mol. The first-order valence-corrected chi connectivity index (χ1v) is 7.55. The molecule has 0 radical (unpaired) electrons. The molecule has 1 saturated carbocycles. The number of nitrogens with two attached hydrogens (primary N) is 1. The molecule has 1 aromatic carbocycles. The minimum absolute atomic E-state index is 0.0571. The molecule has 1 aliphatic rings. The van der Waals surface area contributed by atoms with Gasteiger partial charge in [0.25, 0.3) is 0 Å². The lowest BCUT2D eigenvalue weighted by molar-refractivity contribution is -0.133. The first kappa shape index (κ1) is 15.9. The fourth-order valence-corrected chi connectivity index (χ4v) is 2.97. The number of halogens is 2. The van der Waals surface area contributed by atoms with Crippen molar-refractivity contribution in [2.75, 3.05) is 13.1 Å². The van der Waals surface area contributed by atoms with Crippen LogP contribution in [0.1, 0.15) is 37.7 Å². The Morgan fingerprint density at radius 1 is 1.19 bits per heavy atom. The van der Waals surface area contributed by atoms with Crippen LogP contribution < -0.4 is 5.73 Å². The van der Waals surface area contributed by atoms with Crippen LogP contribution in [0, 0.1) is 11.6 Å². The fraction of sp³-hybridized carbons (Fsp3) is 0.562. The van der Waals surface area contributed by atoms with Gasteiger partial charge >= 0.3 is 0 Å². The van der Waals surface area contributed by atoms with Crippen molar-refractivity contribution in [2.45, 2.75) is 44.6 Å². The Kier molecular flexibility index (Phi) is 5.67. The summed E-state index contributed by atoms with van der Waals surface area (Å²) in [6, 6.07) is 3.85. The number of benzene rings is 1. The van der Waals surface area contributed by atoms with Crippen molar-refractivity contribution in [1.82, 2.24) is 4.90 Å². The number of carbonyl (C=O) groups excluding carboxylic acids is 1. The molecule has 3 nitrogen and oxygen atoms in total. The summed E-state index contributed by atoms with van der Waals surface area (Å²) in [7, 11) is 0. The third-order valence-corrected chi connectivity index (χ3v) is 4.05. The summed E-state index contributed by atoms with van der Waals surface area (Å²) in [6.07, 6.45) is 5.57. The molecule has 0 bridgehead atoms. The number of carbonyl (C=O) groups is 1. The van der Waals surface area contributed by atoms with E-state index in [1.165, 1.54) is 12.5 Å². The molecule has 116 valence electrons. The predicted molar refractivity (Wildman–Crippen MR) is 77.7 cm³/mol. The molecule has 1 aromatic rings. The van der Waals surface area contributed by atoms with Gasteiger partial charge in [0.2, 0.25) is 5.91 Å². The Hall–Kier alpha value is -1.49. The third kappa shape index (κ3) is 4.24. The number of hydrogen-bond donors (Lipinski definition) is 1. The molecule has 1 amide bonds. The number of nitrogens with zero attached hydrogens (tertiary/aromatic N) is 1. The Morgan fingerprint density at radius 2 is 1.90 bits per heavy atom. The maximum absolute atomic E-state index is 13.2. The lowest BCUT2D eigenvalue weighted by atomic mass is 9.93. The molecule has 0 unspecified atom stereocenters. The summed E-state index contributed by atoms with van der Waals surface area (Å²) in [5.74, 6) is -1.86. The second-order valence-electron chi connectivity index (χ2n) is 5.59. The van der Waals surface area contributed by atoms with Gasteiger partial charge in [-0.2, -0.15) is 0 Å². The van der Waals surface area contributed by atoms with E-state index in [9.17, 15) is 13.6 Å². The van der Waals surface area contributed by atoms with Crippen LogP contribution in [0.4, 0.5) is 8.78 Å². The van der Waals surface area contributed by atoms with E-state index in [4.69, 9.17) is 5.73 Å². The molecule has 1 fully saturated rings. The quantitative estimate of drug-likeness (QED) is 0.908. The van der Waals surface area contributed by atoms with Crippen molar-refractivity contribution in [3.63, 3.8) is 0 Å². The van der Waals surface area contributed by atoms with Crippen LogP contribution in [0.25, 0.3) is 0 Å². The van der Waals surface area contributed by atoms with E-state index >= 15 is 0 Å². The second kappa shape index (κ2) is 7.50. The first-order valence-electron chi connectivity index (χ1n) is 7.55. The minimum atomic E-state index is -0.914. The van der Waals surface area contributed by atoms with Crippen LogP contribution in [0.2, 0.25) is 0 Å². The lowest BCUT2D eigenvalue weighted by Crippen LogP contribution is -2.44. The Balaban J connectivity index is 2.05. The summed E-state index contributed by atoms with van der Waals surface area (Å²) in [4.78, 5) is 14.3. The Morgan fingerprint density at radius 3 is 2.52 bits per heavy atom. The van der Waals surface area contributed by atoms with Crippen molar-refractivity contribution in [1.29, 1.82) is 0 Å². The van der Waals surface area contributed by atoms with Crippen LogP contribution in [-0.4, -0.2) is 29.9 Å². The highest BCUT2D eigenvalue weighted by atomic mass is 19.2. The van der Waals surface area contributed by atoms with Crippen molar-refractivity contribution in [2.24, 2.45) is 5.73 Å². The average Bonchev–Trinajstić information content (AvgIpc) is 2.49. The molecule has 0 saturated heterocycles. The van der Waals surface area contributed by atoms with Crippen LogP contribution in [0.3, 0.4) is 0 Å². The van der Waals surface area contributed by atoms with Crippen LogP contribution in [0.5, 0.6) is 0 Å². The van der Waals surface area contributed by atoms with Crippen molar-refractivity contribution in [3.05, 3.63) is 35.4 Å². The van der Waals surface area contributed by atoms with E-state index in [-0.39, 0.29) is 18.4 Å². The molecule has 0 spiro atoms. The summed E-state index contributed by atoms with van der Waals surface area (Å²) in [5, 5.41) is 0. The molecule has 0 aromatic heterocycles. The Labute approximate surface area is 124 Å². The smallest absolute Gasteiger partial charge is 0.227 e. The molecule has 0 aliphatic heterocycles. The predicted octanol–water partition coefficient (Wildman–Crippen LogP) is 2.63. The monoisotopic (exact) mass is 296 g/mol. The van der Waals surface area contributed by atoms with E-state index in [0.29, 0.717) is 18.7 Å². The minimum Gasteiger partial charge on any atom is -0.338 e. The third-order valence-electron chi connectivity index (χ3n) is 4.05. The molecular weight excluding hydrogens is 274 g/mol. The maximum Gasteiger partial charge on any atom is 0.227 e. The molecule has 21 heavy (non-hydrogen) atoms. The van der Waals surface area contributed by atoms with Crippen molar-refractivity contribution >= 4 is 5.91 Å². The normalized spacial score (nSPS) is 16.0. The van der Waals surface area contributed by atoms with Gasteiger partial charge in [-0.3, -0.25) is 4.79 Å². The lowest BCUT2D eigenvalue weighted by Gasteiger charge is -2.34. The Bertz CT molecular complexity index is 487. The van der Waals surface area contributed by atoms with Crippen molar-refractivity contribution < 1.29 is 13.6 Å². The van der Waals surface area contributed by atoms with Gasteiger partial charge in [-0.25, -0.2) is 8.78 Å².